The number of nitrogens with zero attached hydrogens (tertiary/aromatic N) is 1. The molecule has 2 amide bonds. The van der Waals surface area contributed by atoms with E-state index in [1.54, 1.807) is 0 Å². The van der Waals surface area contributed by atoms with Crippen molar-refractivity contribution in [2.75, 3.05) is 6.61 Å². The van der Waals surface area contributed by atoms with Crippen molar-refractivity contribution in [1.82, 2.24) is 4.90 Å². The van der Waals surface area contributed by atoms with Crippen molar-refractivity contribution in [2.45, 2.75) is 160 Å². The third-order valence-corrected chi connectivity index (χ3v) is 15.3. The average molecular weight is 680 g/mol. The molecule has 1 fully saturated rings. The van der Waals surface area contributed by atoms with Gasteiger partial charge in [-0.05, 0) is 42.6 Å². The van der Waals surface area contributed by atoms with Gasteiger partial charge in [0.15, 0.2) is 8.32 Å². The monoisotopic (exact) mass is 679 g/mol. The maximum atomic E-state index is 14.6. The topological polar surface area (TPSA) is 76.1 Å². The fourth-order valence-corrected chi connectivity index (χ4v) is 8.18. The number of carbonyl (C=O) groups is 2. The Balaban J connectivity index is 1.76. The first-order valence-electron chi connectivity index (χ1n) is 18.8. The lowest BCUT2D eigenvalue weighted by Crippen LogP contribution is -2.52. The van der Waals surface area contributed by atoms with Crippen molar-refractivity contribution in [1.29, 1.82) is 0 Å². The second-order valence-electron chi connectivity index (χ2n) is 15.5. The fourth-order valence-electron chi connectivity index (χ4n) is 6.75. The van der Waals surface area contributed by atoms with Crippen LogP contribution in [0, 0.1) is 5.92 Å². The van der Waals surface area contributed by atoms with Crippen molar-refractivity contribution in [2.24, 2.45) is 5.92 Å². The van der Waals surface area contributed by atoms with Crippen LogP contribution in [0.25, 0.3) is 0 Å². The molecule has 2 aromatic carbocycles. The van der Waals surface area contributed by atoms with Gasteiger partial charge in [0.05, 0.1) is 24.2 Å². The van der Waals surface area contributed by atoms with Crippen LogP contribution in [-0.4, -0.2) is 55.2 Å². The molecule has 1 N–H and O–H groups in total. The van der Waals surface area contributed by atoms with E-state index in [4.69, 9.17) is 9.16 Å². The molecular formula is C41H65NO5Si. The molecule has 0 unspecified atom stereocenters. The second kappa shape index (κ2) is 19.6. The number of imide groups is 1. The Morgan fingerprint density at radius 3 is 1.77 bits per heavy atom. The van der Waals surface area contributed by atoms with Crippen LogP contribution in [0.15, 0.2) is 60.7 Å². The van der Waals surface area contributed by atoms with E-state index in [0.717, 1.165) is 30.4 Å². The summed E-state index contributed by atoms with van der Waals surface area (Å²) in [6, 6.07) is 19.5. The summed E-state index contributed by atoms with van der Waals surface area (Å²) in [5.41, 5.74) is 2.02. The summed E-state index contributed by atoms with van der Waals surface area (Å²) in [6.45, 7) is 15.1. The first kappa shape index (κ1) is 40.0. The van der Waals surface area contributed by atoms with E-state index in [9.17, 15) is 14.7 Å². The van der Waals surface area contributed by atoms with Gasteiger partial charge in [-0.25, -0.2) is 9.69 Å². The Bertz CT molecular complexity index is 1170. The van der Waals surface area contributed by atoms with Crippen LogP contribution in [0.3, 0.4) is 0 Å². The van der Waals surface area contributed by atoms with E-state index in [0.29, 0.717) is 6.42 Å². The number of unbranched alkanes of at least 4 members (excludes halogenated alkanes) is 11. The highest BCUT2D eigenvalue weighted by Crippen LogP contribution is 2.39. The quantitative estimate of drug-likeness (QED) is 0.105. The van der Waals surface area contributed by atoms with Crippen LogP contribution in [0.1, 0.15) is 135 Å². The SMILES string of the molecule is CCCCCCCCCCCCCC[C@@H](C(=O)N1C(=O)OC[C@H]1C(c1ccccc1)c1ccccc1)[C@@H](O)[C@@H](C)O[Si](C)(C)C(C)(C)C. The van der Waals surface area contributed by atoms with Gasteiger partial charge in [-0.2, -0.15) is 0 Å². The first-order chi connectivity index (χ1) is 22.9. The highest BCUT2D eigenvalue weighted by molar-refractivity contribution is 6.74. The summed E-state index contributed by atoms with van der Waals surface area (Å²) in [5.74, 6) is -1.39. The van der Waals surface area contributed by atoms with Gasteiger partial charge in [-0.15, -0.1) is 0 Å². The number of cyclic esters (lactones) is 1. The highest BCUT2D eigenvalue weighted by atomic mass is 28.4. The normalized spacial score (nSPS) is 17.4. The number of ether oxygens (including phenoxy) is 1. The predicted octanol–water partition coefficient (Wildman–Crippen LogP) is 10.6. The van der Waals surface area contributed by atoms with E-state index in [1.807, 2.05) is 67.6 Å². The maximum absolute atomic E-state index is 14.6. The van der Waals surface area contributed by atoms with Crippen LogP contribution >= 0.6 is 0 Å². The highest BCUT2D eigenvalue weighted by Gasteiger charge is 2.48. The van der Waals surface area contributed by atoms with Crippen molar-refractivity contribution in [3.05, 3.63) is 71.8 Å². The molecule has 6 nitrogen and oxygen atoms in total. The number of carbonyl (C=O) groups excluding carboxylic acids is 2. The number of amides is 2. The molecule has 268 valence electrons. The zero-order valence-corrected chi connectivity index (χ0v) is 32.1. The Labute approximate surface area is 293 Å². The zero-order chi connectivity index (χ0) is 35.2. The van der Waals surface area contributed by atoms with Crippen molar-refractivity contribution >= 4 is 20.3 Å². The number of aliphatic hydroxyl groups excluding tert-OH is 1. The number of rotatable bonds is 21. The van der Waals surface area contributed by atoms with E-state index < -0.39 is 38.6 Å². The second-order valence-corrected chi connectivity index (χ2v) is 20.3. The van der Waals surface area contributed by atoms with Gasteiger partial charge >= 0.3 is 6.09 Å². The minimum Gasteiger partial charge on any atom is -0.447 e. The first-order valence-corrected chi connectivity index (χ1v) is 21.8. The largest absolute Gasteiger partial charge is 0.447 e. The Morgan fingerprint density at radius 1 is 0.854 bits per heavy atom. The van der Waals surface area contributed by atoms with Gasteiger partial charge in [0.2, 0.25) is 5.91 Å². The van der Waals surface area contributed by atoms with E-state index in [1.165, 1.54) is 62.7 Å². The standard InChI is InChI=1S/C41H65NO5Si/c1-8-9-10-11-12-13-14-15-16-17-18-25-30-35(38(43)32(2)47-48(6,7)41(3,4)5)39(44)42-36(31-46-40(42)45)37(33-26-21-19-22-27-33)34-28-23-20-24-29-34/h19-24,26-29,32,35-38,43H,8-18,25,30-31H2,1-7H3/t32-,35-,36+,38+/m1/s1. The van der Waals surface area contributed by atoms with Crippen LogP contribution in [0.4, 0.5) is 4.79 Å². The van der Waals surface area contributed by atoms with Gasteiger partial charge in [0, 0.05) is 5.92 Å². The van der Waals surface area contributed by atoms with E-state index in [-0.39, 0.29) is 23.5 Å². The number of hydrogen-bond donors (Lipinski definition) is 1. The lowest BCUT2D eigenvalue weighted by molar-refractivity contribution is -0.140. The smallest absolute Gasteiger partial charge is 0.417 e. The molecule has 1 heterocycles. The molecular weight excluding hydrogens is 615 g/mol. The molecule has 0 radical (unpaired) electrons. The molecule has 0 spiro atoms. The molecule has 4 atom stereocenters. The summed E-state index contributed by atoms with van der Waals surface area (Å²) < 4.78 is 12.2. The molecule has 2 aromatic rings. The minimum absolute atomic E-state index is 0.0432. The Hall–Kier alpha value is -2.48. The lowest BCUT2D eigenvalue weighted by atomic mass is 9.83. The summed E-state index contributed by atoms with van der Waals surface area (Å²) in [5, 5.41) is 11.8. The molecule has 48 heavy (non-hydrogen) atoms. The molecule has 7 heteroatoms. The summed E-state index contributed by atoms with van der Waals surface area (Å²) in [7, 11) is -2.22. The Kier molecular flexibility index (Phi) is 16.3. The van der Waals surface area contributed by atoms with Gasteiger partial charge in [-0.3, -0.25) is 4.79 Å². The minimum atomic E-state index is -2.22. The molecule has 0 saturated carbocycles. The van der Waals surface area contributed by atoms with Crippen molar-refractivity contribution in [3.8, 4) is 0 Å². The third-order valence-electron chi connectivity index (χ3n) is 10.7. The van der Waals surface area contributed by atoms with Crippen LogP contribution < -0.4 is 0 Å². The zero-order valence-electron chi connectivity index (χ0n) is 31.1. The predicted molar refractivity (Wildman–Crippen MR) is 200 cm³/mol. The molecule has 1 aliphatic heterocycles. The molecule has 0 bridgehead atoms. The average Bonchev–Trinajstić information content (AvgIpc) is 3.43. The summed E-state index contributed by atoms with van der Waals surface area (Å²) in [4.78, 5) is 29.3. The molecule has 0 aromatic heterocycles. The third kappa shape index (κ3) is 11.6. The van der Waals surface area contributed by atoms with E-state index >= 15 is 0 Å². The lowest BCUT2D eigenvalue weighted by Gasteiger charge is -2.41. The Morgan fingerprint density at radius 2 is 1.31 bits per heavy atom. The van der Waals surface area contributed by atoms with Gasteiger partial charge in [0.25, 0.3) is 0 Å². The van der Waals surface area contributed by atoms with Crippen molar-refractivity contribution < 1.29 is 23.9 Å². The fraction of sp³-hybridized carbons (Fsp3) is 0.659. The van der Waals surface area contributed by atoms with Crippen LogP contribution in [0.5, 0.6) is 0 Å². The van der Waals surface area contributed by atoms with Crippen LogP contribution in [0.2, 0.25) is 18.1 Å². The van der Waals surface area contributed by atoms with Gasteiger partial charge < -0.3 is 14.3 Å². The molecule has 1 aliphatic rings. The number of aliphatic hydroxyl groups is 1. The summed E-state index contributed by atoms with van der Waals surface area (Å²) >= 11 is 0. The van der Waals surface area contributed by atoms with Crippen molar-refractivity contribution in [3.63, 3.8) is 0 Å². The molecule has 0 aliphatic carbocycles. The summed E-state index contributed by atoms with van der Waals surface area (Å²) in [6.07, 6.45) is 12.9. The number of hydrogen-bond acceptors (Lipinski definition) is 5. The van der Waals surface area contributed by atoms with Crippen LogP contribution in [-0.2, 0) is 14.0 Å². The maximum Gasteiger partial charge on any atom is 0.417 e. The van der Waals surface area contributed by atoms with Gasteiger partial charge in [-0.1, -0.05) is 165 Å². The van der Waals surface area contributed by atoms with Gasteiger partial charge in [0.1, 0.15) is 6.61 Å². The molecule has 3 rings (SSSR count). The molecule has 1 saturated heterocycles. The number of benzene rings is 2. The van der Waals surface area contributed by atoms with E-state index in [2.05, 4.69) is 40.8 Å².